The second-order valence-corrected chi connectivity index (χ2v) is 2.44. The number of rotatable bonds is 4. The number of hydrogen-bond acceptors (Lipinski definition) is 2. The second kappa shape index (κ2) is 4.52. The van der Waals surface area contributed by atoms with Crippen LogP contribution in [0.1, 0.15) is 12.2 Å². The maximum Gasteiger partial charge on any atom is 0.280 e. The Kier molecular flexibility index (Phi) is 3.30. The minimum absolute atomic E-state index is 0.527. The molecule has 0 aliphatic carbocycles. The molecule has 1 rings (SSSR count). The molecule has 0 saturated carbocycles. The predicted molar refractivity (Wildman–Crippen MR) is 41.9 cm³/mol. The number of hydrogen-bond donors (Lipinski definition) is 1. The van der Waals surface area contributed by atoms with Crippen molar-refractivity contribution in [3.05, 3.63) is 18.2 Å². The number of ether oxygens (including phenoxy) is 1. The molecule has 1 N–H and O–H groups in total. The molecule has 0 aliphatic heterocycles. The molecule has 4 heteroatoms. The molecular weight excluding hydrogens is 154 g/mol. The van der Waals surface area contributed by atoms with E-state index in [-0.39, 0.29) is 0 Å². The Balaban J connectivity index is 2.58. The van der Waals surface area contributed by atoms with Gasteiger partial charge in [-0.25, -0.2) is 9.55 Å². The average Bonchev–Trinajstić information content (AvgIpc) is 2.50. The molecule has 0 atom stereocenters. The lowest BCUT2D eigenvalue weighted by Gasteiger charge is -1.95. The molecule has 0 saturated heterocycles. The first kappa shape index (κ1) is 8.75. The molecule has 0 amide bonds. The second-order valence-electron chi connectivity index (χ2n) is 2.44. The van der Waals surface area contributed by atoms with Gasteiger partial charge in [0.25, 0.3) is 5.82 Å². The third-order valence-electron chi connectivity index (χ3n) is 1.60. The van der Waals surface area contributed by atoms with Crippen molar-refractivity contribution >= 4 is 0 Å². The minimum Gasteiger partial charge on any atom is -0.372 e. The van der Waals surface area contributed by atoms with Crippen LogP contribution in [0, 0.1) is 11.3 Å². The number of aromatic amines is 1. The van der Waals surface area contributed by atoms with Crippen molar-refractivity contribution in [1.29, 1.82) is 5.26 Å². The average molecular weight is 166 g/mol. The van der Waals surface area contributed by atoms with Crippen molar-refractivity contribution in [3.63, 3.8) is 0 Å². The highest BCUT2D eigenvalue weighted by atomic mass is 16.5. The number of methoxy groups -OCH3 is 1. The molecule has 0 bridgehead atoms. The van der Waals surface area contributed by atoms with Gasteiger partial charge < -0.3 is 4.74 Å². The van der Waals surface area contributed by atoms with Gasteiger partial charge in [-0.2, -0.15) is 5.26 Å². The Labute approximate surface area is 71.4 Å². The van der Waals surface area contributed by atoms with Gasteiger partial charge in [0.1, 0.15) is 25.5 Å². The summed E-state index contributed by atoms with van der Waals surface area (Å²) in [6, 6.07) is 2.10. The molecule has 12 heavy (non-hydrogen) atoms. The SMILES string of the molecule is COCc1[nH]cc[n+]1CCC#N. The van der Waals surface area contributed by atoms with Crippen LogP contribution < -0.4 is 4.57 Å². The number of aromatic nitrogens is 2. The van der Waals surface area contributed by atoms with Crippen molar-refractivity contribution in [2.75, 3.05) is 7.11 Å². The minimum atomic E-state index is 0.527. The molecule has 1 aromatic heterocycles. The van der Waals surface area contributed by atoms with E-state index >= 15 is 0 Å². The maximum absolute atomic E-state index is 8.38. The molecule has 0 fully saturated rings. The summed E-state index contributed by atoms with van der Waals surface area (Å²) < 4.78 is 6.95. The summed E-state index contributed by atoms with van der Waals surface area (Å²) >= 11 is 0. The van der Waals surface area contributed by atoms with Gasteiger partial charge in [-0.05, 0) is 0 Å². The fourth-order valence-corrected chi connectivity index (χ4v) is 1.04. The van der Waals surface area contributed by atoms with E-state index in [1.807, 2.05) is 17.0 Å². The van der Waals surface area contributed by atoms with Crippen LogP contribution in [0.25, 0.3) is 0 Å². The molecule has 0 unspecified atom stereocenters. The molecule has 0 radical (unpaired) electrons. The monoisotopic (exact) mass is 166 g/mol. The molecule has 64 valence electrons. The number of nitrogens with zero attached hydrogens (tertiary/aromatic N) is 2. The Morgan fingerprint density at radius 1 is 1.75 bits per heavy atom. The molecule has 0 spiro atoms. The van der Waals surface area contributed by atoms with Crippen molar-refractivity contribution in [2.24, 2.45) is 0 Å². The Bertz CT molecular complexity index is 274. The topological polar surface area (TPSA) is 52.7 Å². The normalized spacial score (nSPS) is 9.67. The van der Waals surface area contributed by atoms with Crippen LogP contribution in [-0.4, -0.2) is 12.1 Å². The van der Waals surface area contributed by atoms with Gasteiger partial charge in [-0.1, -0.05) is 0 Å². The lowest BCUT2D eigenvalue weighted by atomic mass is 10.4. The lowest BCUT2D eigenvalue weighted by Crippen LogP contribution is -2.36. The number of nitriles is 1. The third kappa shape index (κ3) is 2.07. The van der Waals surface area contributed by atoms with Crippen LogP contribution in [0.5, 0.6) is 0 Å². The molecule has 1 aromatic rings. The van der Waals surface area contributed by atoms with Crippen molar-refractivity contribution < 1.29 is 9.30 Å². The fraction of sp³-hybridized carbons (Fsp3) is 0.500. The highest BCUT2D eigenvalue weighted by molar-refractivity contribution is 4.74. The van der Waals surface area contributed by atoms with E-state index in [1.54, 1.807) is 7.11 Å². The van der Waals surface area contributed by atoms with Crippen molar-refractivity contribution in [3.8, 4) is 6.07 Å². The molecule has 1 heterocycles. The summed E-state index contributed by atoms with van der Waals surface area (Å²) in [5, 5.41) is 8.38. The first-order chi connectivity index (χ1) is 5.88. The smallest absolute Gasteiger partial charge is 0.280 e. The number of aryl methyl sites for hydroxylation is 1. The zero-order chi connectivity index (χ0) is 8.81. The summed E-state index contributed by atoms with van der Waals surface area (Å²) in [6.45, 7) is 1.27. The van der Waals surface area contributed by atoms with Crippen LogP contribution >= 0.6 is 0 Å². The fourth-order valence-electron chi connectivity index (χ4n) is 1.04. The van der Waals surface area contributed by atoms with Crippen molar-refractivity contribution in [1.82, 2.24) is 4.98 Å². The van der Waals surface area contributed by atoms with Crippen LogP contribution in [0.2, 0.25) is 0 Å². The summed E-state index contributed by atoms with van der Waals surface area (Å²) in [5.74, 6) is 0.993. The largest absolute Gasteiger partial charge is 0.372 e. The number of imidazole rings is 1. The van der Waals surface area contributed by atoms with Gasteiger partial charge in [-0.15, -0.1) is 0 Å². The predicted octanol–water partition coefficient (Wildman–Crippen LogP) is 0.362. The van der Waals surface area contributed by atoms with E-state index in [9.17, 15) is 0 Å². The Morgan fingerprint density at radius 2 is 2.58 bits per heavy atom. The van der Waals surface area contributed by atoms with Crippen LogP contribution in [0.4, 0.5) is 0 Å². The van der Waals surface area contributed by atoms with Crippen LogP contribution in [-0.2, 0) is 17.9 Å². The third-order valence-corrected chi connectivity index (χ3v) is 1.60. The highest BCUT2D eigenvalue weighted by Crippen LogP contribution is 1.89. The molecule has 0 aromatic carbocycles. The van der Waals surface area contributed by atoms with Gasteiger partial charge >= 0.3 is 0 Å². The zero-order valence-corrected chi connectivity index (χ0v) is 7.08. The number of H-pyrrole nitrogens is 1. The van der Waals surface area contributed by atoms with E-state index in [0.717, 1.165) is 12.4 Å². The van der Waals surface area contributed by atoms with Gasteiger partial charge in [0.15, 0.2) is 0 Å². The van der Waals surface area contributed by atoms with Gasteiger partial charge in [0.2, 0.25) is 0 Å². The zero-order valence-electron chi connectivity index (χ0n) is 7.08. The highest BCUT2D eigenvalue weighted by Gasteiger charge is 2.08. The van der Waals surface area contributed by atoms with Gasteiger partial charge in [0.05, 0.1) is 12.5 Å². The lowest BCUT2D eigenvalue weighted by molar-refractivity contribution is -0.703. The quantitative estimate of drug-likeness (QED) is 0.657. The van der Waals surface area contributed by atoms with Gasteiger partial charge in [-0.3, -0.25) is 0 Å². The van der Waals surface area contributed by atoms with E-state index < -0.39 is 0 Å². The molecule has 0 aliphatic rings. The molecule has 4 nitrogen and oxygen atoms in total. The standard InChI is InChI=1S/C8H11N3O/c1-12-7-8-10-4-6-11(8)5-2-3-9/h4,6H,2,5,7H2,1H3/p+1. The Hall–Kier alpha value is -1.34. The van der Waals surface area contributed by atoms with Gasteiger partial charge in [0, 0.05) is 7.11 Å². The first-order valence-corrected chi connectivity index (χ1v) is 3.80. The maximum atomic E-state index is 8.38. The summed E-state index contributed by atoms with van der Waals surface area (Å²) in [4.78, 5) is 3.04. The summed E-state index contributed by atoms with van der Waals surface area (Å²) in [7, 11) is 1.65. The summed E-state index contributed by atoms with van der Waals surface area (Å²) in [6.07, 6.45) is 4.27. The summed E-state index contributed by atoms with van der Waals surface area (Å²) in [5.41, 5.74) is 0. The molecular formula is C8H12N3O+. The Morgan fingerprint density at radius 3 is 3.25 bits per heavy atom. The van der Waals surface area contributed by atoms with Crippen LogP contribution in [0.15, 0.2) is 12.4 Å². The van der Waals surface area contributed by atoms with E-state index in [1.165, 1.54) is 0 Å². The van der Waals surface area contributed by atoms with E-state index in [2.05, 4.69) is 11.1 Å². The van der Waals surface area contributed by atoms with E-state index in [4.69, 9.17) is 10.00 Å². The van der Waals surface area contributed by atoms with Crippen LogP contribution in [0.3, 0.4) is 0 Å². The van der Waals surface area contributed by atoms with E-state index in [0.29, 0.717) is 13.0 Å². The first-order valence-electron chi connectivity index (χ1n) is 3.80. The number of nitrogens with one attached hydrogen (secondary N) is 1. The van der Waals surface area contributed by atoms with Crippen molar-refractivity contribution in [2.45, 2.75) is 19.6 Å².